The van der Waals surface area contributed by atoms with Crippen molar-refractivity contribution in [3.8, 4) is 5.75 Å². The minimum Gasteiger partial charge on any atom is -0.479 e. The minimum atomic E-state index is -3.96. The van der Waals surface area contributed by atoms with Gasteiger partial charge >= 0.3 is 6.03 Å². The second-order valence-corrected chi connectivity index (χ2v) is 9.67. The summed E-state index contributed by atoms with van der Waals surface area (Å²) in [5, 5.41) is 5.23. The molecule has 1 saturated heterocycles. The third-order valence-electron chi connectivity index (χ3n) is 5.20. The van der Waals surface area contributed by atoms with Crippen LogP contribution in [0.1, 0.15) is 6.92 Å². The second kappa shape index (κ2) is 8.57. The largest absolute Gasteiger partial charge is 0.479 e. The van der Waals surface area contributed by atoms with Gasteiger partial charge in [-0.2, -0.15) is 4.31 Å². The fourth-order valence-electron chi connectivity index (χ4n) is 3.41. The number of nitrogens with zero attached hydrogens (tertiary/aromatic N) is 2. The fraction of sp³-hybridized carbons (Fsp3) is 0.300. The van der Waals surface area contributed by atoms with Crippen LogP contribution in [0.3, 0.4) is 0 Å². The van der Waals surface area contributed by atoms with Crippen molar-refractivity contribution >= 4 is 44.9 Å². The molecule has 2 aromatic carbocycles. The summed E-state index contributed by atoms with van der Waals surface area (Å²) in [6, 6.07) is 7.60. The third kappa shape index (κ3) is 4.36. The molecule has 1 atom stereocenters. The van der Waals surface area contributed by atoms with E-state index >= 15 is 0 Å². The number of halogens is 2. The molecule has 0 spiro atoms. The molecule has 0 aromatic heterocycles. The Morgan fingerprint density at radius 3 is 2.50 bits per heavy atom. The average Bonchev–Trinajstić information content (AvgIpc) is 2.76. The first-order chi connectivity index (χ1) is 15.1. The molecule has 0 bridgehead atoms. The van der Waals surface area contributed by atoms with Gasteiger partial charge in [0.15, 0.2) is 6.10 Å². The van der Waals surface area contributed by atoms with E-state index in [0.29, 0.717) is 11.4 Å². The Kier molecular flexibility index (Phi) is 5.97. The summed E-state index contributed by atoms with van der Waals surface area (Å²) in [5.74, 6) is -0.540. The van der Waals surface area contributed by atoms with Crippen molar-refractivity contribution in [1.29, 1.82) is 0 Å². The lowest BCUT2D eigenvalue weighted by atomic mass is 10.2. The molecule has 170 valence electrons. The molecule has 0 saturated carbocycles. The molecule has 32 heavy (non-hydrogen) atoms. The summed E-state index contributed by atoms with van der Waals surface area (Å²) < 4.78 is 46.1. The molecule has 4 rings (SSSR count). The van der Waals surface area contributed by atoms with E-state index in [1.165, 1.54) is 45.6 Å². The third-order valence-corrected chi connectivity index (χ3v) is 7.57. The minimum absolute atomic E-state index is 0.0429. The lowest BCUT2D eigenvalue weighted by Gasteiger charge is -2.34. The van der Waals surface area contributed by atoms with Crippen LogP contribution >= 0.6 is 11.6 Å². The number of urea groups is 1. The van der Waals surface area contributed by atoms with Crippen molar-refractivity contribution in [1.82, 2.24) is 9.21 Å². The molecule has 2 heterocycles. The molecular weight excluding hydrogens is 463 g/mol. The quantitative estimate of drug-likeness (QED) is 0.699. The summed E-state index contributed by atoms with van der Waals surface area (Å²) in [6.45, 7) is 2.02. The van der Waals surface area contributed by atoms with E-state index in [-0.39, 0.29) is 47.8 Å². The number of hydrogen-bond acceptors (Lipinski definition) is 5. The highest BCUT2D eigenvalue weighted by Gasteiger charge is 2.34. The van der Waals surface area contributed by atoms with Gasteiger partial charge < -0.3 is 20.3 Å². The topological polar surface area (TPSA) is 108 Å². The van der Waals surface area contributed by atoms with Gasteiger partial charge in [0.1, 0.15) is 16.5 Å². The van der Waals surface area contributed by atoms with Crippen LogP contribution in [-0.2, 0) is 14.8 Å². The van der Waals surface area contributed by atoms with Crippen LogP contribution in [0, 0.1) is 5.82 Å². The zero-order chi connectivity index (χ0) is 23.0. The Morgan fingerprint density at radius 2 is 1.84 bits per heavy atom. The highest BCUT2D eigenvalue weighted by molar-refractivity contribution is 7.89. The Bertz CT molecular complexity index is 1170. The molecule has 2 aliphatic heterocycles. The lowest BCUT2D eigenvalue weighted by molar-refractivity contribution is -0.122. The summed E-state index contributed by atoms with van der Waals surface area (Å²) in [6.07, 6.45) is -0.762. The van der Waals surface area contributed by atoms with Gasteiger partial charge in [0.2, 0.25) is 10.0 Å². The van der Waals surface area contributed by atoms with Crippen LogP contribution in [0.25, 0.3) is 0 Å². The van der Waals surface area contributed by atoms with Crippen molar-refractivity contribution in [3.63, 3.8) is 0 Å². The molecular formula is C20H20ClFN4O5S. The molecule has 3 amide bonds. The molecule has 12 heteroatoms. The number of piperazine rings is 1. The van der Waals surface area contributed by atoms with Crippen LogP contribution in [0.5, 0.6) is 5.75 Å². The summed E-state index contributed by atoms with van der Waals surface area (Å²) in [4.78, 5) is 25.5. The van der Waals surface area contributed by atoms with Gasteiger partial charge in [-0.05, 0) is 37.3 Å². The number of nitrogens with one attached hydrogen (secondary N) is 2. The van der Waals surface area contributed by atoms with Gasteiger partial charge in [-0.1, -0.05) is 11.6 Å². The average molecular weight is 483 g/mol. The number of carbonyl (C=O) groups is 2. The molecule has 2 aliphatic rings. The normalized spacial score (nSPS) is 19.0. The molecule has 0 radical (unpaired) electrons. The smallest absolute Gasteiger partial charge is 0.321 e. The first-order valence-corrected chi connectivity index (χ1v) is 11.6. The predicted octanol–water partition coefficient (Wildman–Crippen LogP) is 2.74. The second-order valence-electron chi connectivity index (χ2n) is 7.36. The fourth-order valence-corrected chi connectivity index (χ4v) is 5.35. The van der Waals surface area contributed by atoms with Crippen molar-refractivity contribution in [2.45, 2.75) is 17.9 Å². The van der Waals surface area contributed by atoms with Crippen LogP contribution in [0.4, 0.5) is 20.6 Å². The van der Waals surface area contributed by atoms with Gasteiger partial charge in [0.25, 0.3) is 5.91 Å². The SMILES string of the molecule is CC1Oc2cc(S(=O)(=O)N3CCN(C(=O)Nc4ccc(F)cc4)CC3)c(Cl)cc2NC1=O. The van der Waals surface area contributed by atoms with E-state index in [0.717, 1.165) is 0 Å². The first kappa shape index (κ1) is 22.3. The number of ether oxygens (including phenoxy) is 1. The Morgan fingerprint density at radius 1 is 1.19 bits per heavy atom. The van der Waals surface area contributed by atoms with Crippen molar-refractivity contribution in [3.05, 3.63) is 47.2 Å². The van der Waals surface area contributed by atoms with Crippen molar-refractivity contribution < 1.29 is 27.1 Å². The number of rotatable bonds is 3. The van der Waals surface area contributed by atoms with Gasteiger partial charge in [0.05, 0.1) is 10.7 Å². The van der Waals surface area contributed by atoms with Crippen LogP contribution in [0.15, 0.2) is 41.3 Å². The molecule has 2 N–H and O–H groups in total. The monoisotopic (exact) mass is 482 g/mol. The van der Waals surface area contributed by atoms with Gasteiger partial charge in [-0.15, -0.1) is 0 Å². The zero-order valence-electron chi connectivity index (χ0n) is 17.0. The van der Waals surface area contributed by atoms with Crippen LogP contribution in [-0.4, -0.2) is 61.8 Å². The Labute approximate surface area is 189 Å². The standard InChI is InChI=1S/C20H20ClFN4O5S/c1-12-19(27)24-16-10-15(21)18(11-17(16)31-12)32(29,30)26-8-6-25(7-9-26)20(28)23-14-4-2-13(22)3-5-14/h2-5,10-12H,6-9H2,1H3,(H,23,28)(H,24,27). The lowest BCUT2D eigenvalue weighted by Crippen LogP contribution is -2.51. The van der Waals surface area contributed by atoms with Crippen LogP contribution < -0.4 is 15.4 Å². The maximum Gasteiger partial charge on any atom is 0.321 e. The molecule has 9 nitrogen and oxygen atoms in total. The van der Waals surface area contributed by atoms with E-state index in [4.69, 9.17) is 16.3 Å². The number of amides is 3. The number of sulfonamides is 1. The number of hydrogen-bond donors (Lipinski definition) is 2. The summed E-state index contributed by atoms with van der Waals surface area (Å²) >= 11 is 6.22. The highest BCUT2D eigenvalue weighted by atomic mass is 35.5. The Hall–Kier alpha value is -2.89. The van der Waals surface area contributed by atoms with E-state index in [9.17, 15) is 22.4 Å². The van der Waals surface area contributed by atoms with E-state index in [1.807, 2.05) is 0 Å². The molecule has 1 unspecified atom stereocenters. The molecule has 0 aliphatic carbocycles. The van der Waals surface area contributed by atoms with E-state index < -0.39 is 28.0 Å². The van der Waals surface area contributed by atoms with Gasteiger partial charge in [-0.25, -0.2) is 17.6 Å². The molecule has 2 aromatic rings. The maximum absolute atomic E-state index is 13.2. The summed E-state index contributed by atoms with van der Waals surface area (Å²) in [5.41, 5.74) is 0.743. The van der Waals surface area contributed by atoms with Gasteiger partial charge in [-0.3, -0.25) is 4.79 Å². The summed E-state index contributed by atoms with van der Waals surface area (Å²) in [7, 11) is -3.96. The number of fused-ring (bicyclic) bond motifs is 1. The van der Waals surface area contributed by atoms with E-state index in [1.54, 1.807) is 6.92 Å². The van der Waals surface area contributed by atoms with Crippen molar-refractivity contribution in [2.24, 2.45) is 0 Å². The maximum atomic E-state index is 13.2. The number of carbonyl (C=O) groups excluding carboxylic acids is 2. The zero-order valence-corrected chi connectivity index (χ0v) is 18.5. The van der Waals surface area contributed by atoms with Crippen LogP contribution in [0.2, 0.25) is 5.02 Å². The molecule has 1 fully saturated rings. The van der Waals surface area contributed by atoms with Crippen molar-refractivity contribution in [2.75, 3.05) is 36.8 Å². The first-order valence-electron chi connectivity index (χ1n) is 9.78. The highest BCUT2D eigenvalue weighted by Crippen LogP contribution is 2.38. The Balaban J connectivity index is 1.45. The van der Waals surface area contributed by atoms with Gasteiger partial charge in [0, 0.05) is 37.9 Å². The number of anilines is 2. The number of benzene rings is 2. The van der Waals surface area contributed by atoms with E-state index in [2.05, 4.69) is 10.6 Å². The predicted molar refractivity (Wildman–Crippen MR) is 116 cm³/mol.